The Kier molecular flexibility index (Phi) is 4.29. The second-order valence-electron chi connectivity index (χ2n) is 6.76. The predicted octanol–water partition coefficient (Wildman–Crippen LogP) is 0.931. The van der Waals surface area contributed by atoms with Crippen LogP contribution in [0.2, 0.25) is 0 Å². The summed E-state index contributed by atoms with van der Waals surface area (Å²) >= 11 is -1.05. The summed E-state index contributed by atoms with van der Waals surface area (Å²) < 4.78 is 15.3. The van der Waals surface area contributed by atoms with Gasteiger partial charge in [0.25, 0.3) is 0 Å². The van der Waals surface area contributed by atoms with Crippen LogP contribution in [-0.2, 0) is 11.4 Å². The lowest BCUT2D eigenvalue weighted by molar-refractivity contribution is 0.133. The molecule has 3 atom stereocenters. The number of nitrogens with one attached hydrogen (secondary N) is 2. The van der Waals surface area contributed by atoms with Crippen molar-refractivity contribution in [3.05, 3.63) is 0 Å². The van der Waals surface area contributed by atoms with Crippen molar-refractivity contribution in [1.29, 1.82) is 0 Å². The molecule has 1 aliphatic heterocycles. The molecule has 1 saturated heterocycles. The Bertz CT molecular complexity index is 287. The third kappa shape index (κ3) is 3.02. The van der Waals surface area contributed by atoms with Crippen LogP contribution in [0.25, 0.3) is 0 Å². The normalized spacial score (nSPS) is 33.8. The maximum atomic E-state index is 12.3. The first-order valence-electron chi connectivity index (χ1n) is 6.90. The molecule has 0 amide bonds. The fraction of sp³-hybridized carbons (Fsp3) is 1.00. The molecule has 0 radical (unpaired) electrons. The van der Waals surface area contributed by atoms with E-state index in [1.165, 1.54) is 0 Å². The summed E-state index contributed by atoms with van der Waals surface area (Å²) in [5.41, 5.74) is 0.144. The molecule has 3 N–H and O–H groups in total. The molecule has 1 unspecified atom stereocenters. The fourth-order valence-electron chi connectivity index (χ4n) is 3.17. The summed E-state index contributed by atoms with van der Waals surface area (Å²) in [4.78, 5) is 0. The van der Waals surface area contributed by atoms with E-state index in [1.54, 1.807) is 0 Å². The van der Waals surface area contributed by atoms with E-state index < -0.39 is 11.4 Å². The van der Waals surface area contributed by atoms with Crippen molar-refractivity contribution >= 4 is 11.4 Å². The van der Waals surface area contributed by atoms with Crippen molar-refractivity contribution < 1.29 is 9.66 Å². The minimum absolute atomic E-state index is 0.144. The number of aliphatic hydroxyl groups excluding tert-OH is 1. The zero-order valence-corrected chi connectivity index (χ0v) is 12.5. The van der Waals surface area contributed by atoms with Crippen LogP contribution in [0.3, 0.4) is 0 Å². The lowest BCUT2D eigenvalue weighted by Gasteiger charge is -2.40. The molecule has 5 heteroatoms. The van der Waals surface area contributed by atoms with Gasteiger partial charge >= 0.3 is 0 Å². The van der Waals surface area contributed by atoms with Crippen molar-refractivity contribution in [1.82, 2.24) is 10.0 Å². The van der Waals surface area contributed by atoms with Crippen LogP contribution in [0.5, 0.6) is 0 Å². The highest BCUT2D eigenvalue weighted by molar-refractivity contribution is 7.90. The number of rotatable bonds is 2. The maximum absolute atomic E-state index is 12.3. The van der Waals surface area contributed by atoms with Gasteiger partial charge in [0.2, 0.25) is 0 Å². The smallest absolute Gasteiger partial charge is 0.136 e. The first-order chi connectivity index (χ1) is 8.33. The van der Waals surface area contributed by atoms with Gasteiger partial charge < -0.3 is 15.0 Å². The summed E-state index contributed by atoms with van der Waals surface area (Å²) in [7, 11) is 0. The number of aliphatic hydroxyl groups is 1. The summed E-state index contributed by atoms with van der Waals surface area (Å²) in [5.74, 6) is 0. The van der Waals surface area contributed by atoms with Crippen LogP contribution in [0, 0.1) is 5.41 Å². The van der Waals surface area contributed by atoms with E-state index in [0.717, 1.165) is 38.8 Å². The second kappa shape index (κ2) is 5.29. The maximum Gasteiger partial charge on any atom is 0.136 e. The average molecular weight is 274 g/mol. The summed E-state index contributed by atoms with van der Waals surface area (Å²) in [6.07, 6.45) is 3.50. The molecule has 1 spiro atoms. The Balaban J connectivity index is 2.05. The topological polar surface area (TPSA) is 67.3 Å². The van der Waals surface area contributed by atoms with E-state index in [1.807, 2.05) is 20.8 Å². The molecule has 1 aliphatic carbocycles. The third-order valence-electron chi connectivity index (χ3n) is 4.29. The molecule has 1 saturated carbocycles. The van der Waals surface area contributed by atoms with Gasteiger partial charge in [-0.25, -0.2) is 0 Å². The highest BCUT2D eigenvalue weighted by Crippen LogP contribution is 2.45. The van der Waals surface area contributed by atoms with Crippen molar-refractivity contribution in [3.8, 4) is 0 Å². The van der Waals surface area contributed by atoms with Gasteiger partial charge in [0.05, 0.1) is 12.1 Å². The van der Waals surface area contributed by atoms with Gasteiger partial charge in [-0.2, -0.15) is 0 Å². The molecular weight excluding hydrogens is 248 g/mol. The molecule has 106 valence electrons. The highest BCUT2D eigenvalue weighted by Gasteiger charge is 2.49. The zero-order chi connectivity index (χ0) is 13.4. The molecule has 0 aromatic heterocycles. The quantitative estimate of drug-likeness (QED) is 0.655. The van der Waals surface area contributed by atoms with Gasteiger partial charge in [0.1, 0.15) is 4.75 Å². The Hall–Kier alpha value is 0.190. The molecule has 2 fully saturated rings. The predicted molar refractivity (Wildman–Crippen MR) is 74.6 cm³/mol. The average Bonchev–Trinajstić information content (AvgIpc) is 2.54. The van der Waals surface area contributed by atoms with E-state index in [0.29, 0.717) is 0 Å². The van der Waals surface area contributed by atoms with Gasteiger partial charge in [-0.3, -0.25) is 0 Å². The largest absolute Gasteiger partial charge is 0.598 e. The van der Waals surface area contributed by atoms with E-state index in [4.69, 9.17) is 0 Å². The van der Waals surface area contributed by atoms with Crippen LogP contribution in [-0.4, -0.2) is 39.6 Å². The molecule has 0 aromatic carbocycles. The van der Waals surface area contributed by atoms with Crippen molar-refractivity contribution in [2.45, 2.75) is 63.3 Å². The minimum Gasteiger partial charge on any atom is -0.598 e. The van der Waals surface area contributed by atoms with Gasteiger partial charge in [0.15, 0.2) is 0 Å². The van der Waals surface area contributed by atoms with Crippen molar-refractivity contribution in [3.63, 3.8) is 0 Å². The zero-order valence-electron chi connectivity index (χ0n) is 11.7. The molecule has 4 nitrogen and oxygen atoms in total. The first-order valence-corrected chi connectivity index (χ1v) is 8.05. The molecule has 0 bridgehead atoms. The lowest BCUT2D eigenvalue weighted by Crippen LogP contribution is -2.52. The van der Waals surface area contributed by atoms with E-state index in [2.05, 4.69) is 10.0 Å². The van der Waals surface area contributed by atoms with Gasteiger partial charge in [-0.1, -0.05) is 0 Å². The third-order valence-corrected chi connectivity index (χ3v) is 5.90. The second-order valence-corrected chi connectivity index (χ2v) is 8.76. The number of hydrogen-bond acceptors (Lipinski definition) is 4. The van der Waals surface area contributed by atoms with Crippen LogP contribution in [0.15, 0.2) is 0 Å². The molecule has 2 rings (SSSR count). The Labute approximate surface area is 113 Å². The van der Waals surface area contributed by atoms with Crippen molar-refractivity contribution in [2.24, 2.45) is 5.41 Å². The Morgan fingerprint density at radius 1 is 1.33 bits per heavy atom. The standard InChI is InChI=1S/C13H26N2O2S/c1-12(2,3)18(17)15-11-8-10(16)9-13(11)4-6-14-7-5-13/h10-11,14-16H,4-9H2,1-3H3/t10-,11?,18+/m0/s1. The highest BCUT2D eigenvalue weighted by atomic mass is 32.2. The Morgan fingerprint density at radius 2 is 1.94 bits per heavy atom. The molecule has 1 heterocycles. The summed E-state index contributed by atoms with van der Waals surface area (Å²) in [6.45, 7) is 7.96. The van der Waals surface area contributed by atoms with Crippen LogP contribution >= 0.6 is 0 Å². The van der Waals surface area contributed by atoms with E-state index in [-0.39, 0.29) is 22.3 Å². The minimum atomic E-state index is -1.05. The monoisotopic (exact) mass is 274 g/mol. The summed E-state index contributed by atoms with van der Waals surface area (Å²) in [5, 5.41) is 13.3. The first kappa shape index (κ1) is 14.6. The van der Waals surface area contributed by atoms with Crippen LogP contribution in [0.1, 0.15) is 46.5 Å². The number of hydrogen-bond donors (Lipinski definition) is 3. The molecular formula is C13H26N2O2S. The summed E-state index contributed by atoms with van der Waals surface area (Å²) in [6, 6.07) is 0.189. The van der Waals surface area contributed by atoms with Crippen LogP contribution in [0.4, 0.5) is 0 Å². The number of piperidine rings is 1. The van der Waals surface area contributed by atoms with E-state index in [9.17, 15) is 9.66 Å². The SMILES string of the molecule is CC(C)(C)[S@@+]([O-])NC1C[C@H](O)CC12CCNCC2. The van der Waals surface area contributed by atoms with E-state index >= 15 is 0 Å². The Morgan fingerprint density at radius 3 is 2.50 bits per heavy atom. The van der Waals surface area contributed by atoms with Crippen LogP contribution < -0.4 is 10.0 Å². The van der Waals surface area contributed by atoms with Gasteiger partial charge in [-0.15, -0.1) is 4.72 Å². The fourth-order valence-corrected chi connectivity index (χ4v) is 4.13. The van der Waals surface area contributed by atoms with Gasteiger partial charge in [-0.05, 0) is 65.0 Å². The molecule has 18 heavy (non-hydrogen) atoms. The van der Waals surface area contributed by atoms with Gasteiger partial charge in [0, 0.05) is 11.4 Å². The van der Waals surface area contributed by atoms with Crippen molar-refractivity contribution in [2.75, 3.05) is 13.1 Å². The lowest BCUT2D eigenvalue weighted by atomic mass is 9.75. The molecule has 0 aromatic rings. The molecule has 2 aliphatic rings.